The molecular formula is C25H27N3O. The summed E-state index contributed by atoms with van der Waals surface area (Å²) in [5.74, 6) is 2.23. The van der Waals surface area contributed by atoms with Gasteiger partial charge in [-0.3, -0.25) is 4.79 Å². The summed E-state index contributed by atoms with van der Waals surface area (Å²) >= 11 is 0. The van der Waals surface area contributed by atoms with Crippen LogP contribution in [0, 0.1) is 17.8 Å². The number of hydrogen-bond donors (Lipinski definition) is 1. The molecule has 4 atom stereocenters. The van der Waals surface area contributed by atoms with Crippen LogP contribution >= 0.6 is 0 Å². The highest BCUT2D eigenvalue weighted by Gasteiger charge is 2.42. The summed E-state index contributed by atoms with van der Waals surface area (Å²) in [5.41, 5.74) is 3.31. The molecule has 2 aliphatic carbocycles. The van der Waals surface area contributed by atoms with E-state index in [2.05, 4.69) is 12.2 Å². The van der Waals surface area contributed by atoms with E-state index in [1.54, 1.807) is 4.68 Å². The van der Waals surface area contributed by atoms with Crippen molar-refractivity contribution in [3.63, 3.8) is 0 Å². The van der Waals surface area contributed by atoms with E-state index in [1.807, 2.05) is 66.7 Å². The van der Waals surface area contributed by atoms with Gasteiger partial charge in [0.05, 0.1) is 11.4 Å². The predicted octanol–water partition coefficient (Wildman–Crippen LogP) is 5.09. The minimum Gasteiger partial charge on any atom is -0.348 e. The first kappa shape index (κ1) is 18.2. The molecule has 3 aromatic rings. The van der Waals surface area contributed by atoms with Crippen LogP contribution in [0.3, 0.4) is 0 Å². The lowest BCUT2D eigenvalue weighted by molar-refractivity contribution is 0.0907. The van der Waals surface area contributed by atoms with Crippen molar-refractivity contribution in [1.82, 2.24) is 15.1 Å². The number of para-hydroxylation sites is 1. The Morgan fingerprint density at radius 3 is 2.41 bits per heavy atom. The second-order valence-electron chi connectivity index (χ2n) is 8.63. The Hall–Kier alpha value is -2.88. The standard InChI is InChI=1S/C25H27N3O/c1-17(22-15-18-12-13-20(22)14-18)26-25(29)24-16-23(19-8-4-2-5-9-19)27-28(24)21-10-6-3-7-11-21/h2-11,16-18,20,22H,12-15H2,1H3,(H,26,29)/t17-,18+,20+,22-/m1/s1. The third-order valence-electron chi connectivity index (χ3n) is 6.81. The lowest BCUT2D eigenvalue weighted by Gasteiger charge is -2.28. The van der Waals surface area contributed by atoms with Crippen LogP contribution in [-0.4, -0.2) is 21.7 Å². The first-order chi connectivity index (χ1) is 14.2. The van der Waals surface area contributed by atoms with Gasteiger partial charge in [0.15, 0.2) is 0 Å². The highest BCUT2D eigenvalue weighted by Crippen LogP contribution is 2.49. The van der Waals surface area contributed by atoms with E-state index in [1.165, 1.54) is 25.7 Å². The van der Waals surface area contributed by atoms with Gasteiger partial charge >= 0.3 is 0 Å². The van der Waals surface area contributed by atoms with Gasteiger partial charge < -0.3 is 5.32 Å². The van der Waals surface area contributed by atoms with Gasteiger partial charge in [-0.25, -0.2) is 4.68 Å². The zero-order valence-electron chi connectivity index (χ0n) is 16.8. The maximum atomic E-state index is 13.3. The van der Waals surface area contributed by atoms with Crippen molar-refractivity contribution in [2.45, 2.75) is 38.6 Å². The number of hydrogen-bond acceptors (Lipinski definition) is 2. The highest BCUT2D eigenvalue weighted by molar-refractivity contribution is 5.94. The van der Waals surface area contributed by atoms with Crippen LogP contribution in [0.4, 0.5) is 0 Å². The van der Waals surface area contributed by atoms with Crippen LogP contribution in [0.5, 0.6) is 0 Å². The Morgan fingerprint density at radius 1 is 1.03 bits per heavy atom. The number of fused-ring (bicyclic) bond motifs is 2. The molecule has 2 fully saturated rings. The van der Waals surface area contributed by atoms with Crippen LogP contribution in [0.1, 0.15) is 43.1 Å². The molecular weight excluding hydrogens is 358 g/mol. The normalized spacial score (nSPS) is 23.8. The fraction of sp³-hybridized carbons (Fsp3) is 0.360. The topological polar surface area (TPSA) is 46.9 Å². The summed E-state index contributed by atoms with van der Waals surface area (Å²) in [6.45, 7) is 2.17. The number of benzene rings is 2. The summed E-state index contributed by atoms with van der Waals surface area (Å²) in [6.07, 6.45) is 5.32. The first-order valence-electron chi connectivity index (χ1n) is 10.7. The van der Waals surface area contributed by atoms with Crippen molar-refractivity contribution in [1.29, 1.82) is 0 Å². The van der Waals surface area contributed by atoms with Gasteiger partial charge in [-0.1, -0.05) is 55.0 Å². The molecule has 5 rings (SSSR count). The molecule has 4 heteroatoms. The highest BCUT2D eigenvalue weighted by atomic mass is 16.2. The Morgan fingerprint density at radius 2 is 1.76 bits per heavy atom. The minimum atomic E-state index is -0.0428. The van der Waals surface area contributed by atoms with E-state index in [4.69, 9.17) is 5.10 Å². The molecule has 1 heterocycles. The Kier molecular flexibility index (Phi) is 4.70. The summed E-state index contributed by atoms with van der Waals surface area (Å²) in [7, 11) is 0. The molecule has 2 bridgehead atoms. The van der Waals surface area contributed by atoms with Gasteiger partial charge in [-0.2, -0.15) is 5.10 Å². The summed E-state index contributed by atoms with van der Waals surface area (Å²) < 4.78 is 1.77. The molecule has 1 amide bonds. The monoisotopic (exact) mass is 385 g/mol. The molecule has 2 aliphatic rings. The van der Waals surface area contributed by atoms with E-state index < -0.39 is 0 Å². The second-order valence-corrected chi connectivity index (χ2v) is 8.63. The smallest absolute Gasteiger partial charge is 0.270 e. The minimum absolute atomic E-state index is 0.0428. The van der Waals surface area contributed by atoms with E-state index in [0.717, 1.165) is 28.8 Å². The molecule has 29 heavy (non-hydrogen) atoms. The summed E-state index contributed by atoms with van der Waals surface area (Å²) in [5, 5.41) is 8.07. The van der Waals surface area contributed by atoms with Gasteiger partial charge in [-0.15, -0.1) is 0 Å². The molecule has 0 unspecified atom stereocenters. The molecule has 2 saturated carbocycles. The molecule has 4 nitrogen and oxygen atoms in total. The number of rotatable bonds is 5. The Labute approximate surface area is 172 Å². The van der Waals surface area contributed by atoms with Gasteiger partial charge in [-0.05, 0) is 62.1 Å². The number of nitrogens with one attached hydrogen (secondary N) is 1. The van der Waals surface area contributed by atoms with Crippen molar-refractivity contribution in [3.05, 3.63) is 72.4 Å². The number of aromatic nitrogens is 2. The van der Waals surface area contributed by atoms with E-state index >= 15 is 0 Å². The van der Waals surface area contributed by atoms with Crippen molar-refractivity contribution in [2.75, 3.05) is 0 Å². The van der Waals surface area contributed by atoms with Crippen molar-refractivity contribution in [3.8, 4) is 16.9 Å². The van der Waals surface area contributed by atoms with E-state index in [9.17, 15) is 4.79 Å². The largest absolute Gasteiger partial charge is 0.348 e. The van der Waals surface area contributed by atoms with Crippen molar-refractivity contribution >= 4 is 5.91 Å². The Bertz CT molecular complexity index is 995. The molecule has 0 spiro atoms. The molecule has 0 radical (unpaired) electrons. The predicted molar refractivity (Wildman–Crippen MR) is 115 cm³/mol. The van der Waals surface area contributed by atoms with Crippen LogP contribution in [0.15, 0.2) is 66.7 Å². The molecule has 148 valence electrons. The molecule has 0 saturated heterocycles. The molecule has 1 N–H and O–H groups in total. The van der Waals surface area contributed by atoms with E-state index in [-0.39, 0.29) is 11.9 Å². The van der Waals surface area contributed by atoms with Gasteiger partial charge in [0, 0.05) is 11.6 Å². The SMILES string of the molecule is C[C@@H](NC(=O)c1cc(-c2ccccc2)nn1-c1ccccc1)[C@H]1C[C@H]2CC[C@H]1C2. The zero-order valence-corrected chi connectivity index (χ0v) is 16.8. The quantitative estimate of drug-likeness (QED) is 0.665. The maximum absolute atomic E-state index is 13.3. The summed E-state index contributed by atoms with van der Waals surface area (Å²) in [4.78, 5) is 13.3. The third kappa shape index (κ3) is 3.48. The van der Waals surface area contributed by atoms with Crippen LogP contribution < -0.4 is 5.32 Å². The molecule has 0 aliphatic heterocycles. The van der Waals surface area contributed by atoms with E-state index in [0.29, 0.717) is 11.6 Å². The van der Waals surface area contributed by atoms with Crippen LogP contribution in [0.25, 0.3) is 16.9 Å². The van der Waals surface area contributed by atoms with Crippen molar-refractivity contribution < 1.29 is 4.79 Å². The molecule has 2 aromatic carbocycles. The average molecular weight is 386 g/mol. The summed E-state index contributed by atoms with van der Waals surface area (Å²) in [6, 6.07) is 22.0. The maximum Gasteiger partial charge on any atom is 0.270 e. The fourth-order valence-electron chi connectivity index (χ4n) is 5.35. The van der Waals surface area contributed by atoms with Crippen LogP contribution in [0.2, 0.25) is 0 Å². The number of nitrogens with zero attached hydrogens (tertiary/aromatic N) is 2. The van der Waals surface area contributed by atoms with Crippen molar-refractivity contribution in [2.24, 2.45) is 17.8 Å². The lowest BCUT2D eigenvalue weighted by atomic mass is 9.84. The van der Waals surface area contributed by atoms with Gasteiger partial charge in [0.2, 0.25) is 0 Å². The zero-order chi connectivity index (χ0) is 19.8. The van der Waals surface area contributed by atoms with Crippen LogP contribution in [-0.2, 0) is 0 Å². The fourth-order valence-corrected chi connectivity index (χ4v) is 5.35. The van der Waals surface area contributed by atoms with Gasteiger partial charge in [0.25, 0.3) is 5.91 Å². The second kappa shape index (κ2) is 7.51. The number of carbonyl (C=O) groups is 1. The lowest BCUT2D eigenvalue weighted by Crippen LogP contribution is -2.40. The Balaban J connectivity index is 1.44. The number of amides is 1. The van der Waals surface area contributed by atoms with Gasteiger partial charge in [0.1, 0.15) is 5.69 Å². The molecule has 1 aromatic heterocycles. The first-order valence-corrected chi connectivity index (χ1v) is 10.7. The number of carbonyl (C=O) groups excluding carboxylic acids is 1. The average Bonchev–Trinajstić information content (AvgIpc) is 3.50. The third-order valence-corrected chi connectivity index (χ3v) is 6.81.